The molecule has 0 aliphatic carbocycles. The first kappa shape index (κ1) is 18.5. The lowest BCUT2D eigenvalue weighted by atomic mass is 10.1. The Labute approximate surface area is 155 Å². The minimum absolute atomic E-state index is 0.0421. The van der Waals surface area contributed by atoms with Crippen molar-refractivity contribution in [3.63, 3.8) is 0 Å². The van der Waals surface area contributed by atoms with Gasteiger partial charge in [-0.1, -0.05) is 25.5 Å². The first-order valence-corrected chi connectivity index (χ1v) is 9.48. The van der Waals surface area contributed by atoms with E-state index < -0.39 is 0 Å². The number of nitrogens with zero attached hydrogens (tertiary/aromatic N) is 3. The van der Waals surface area contributed by atoms with Gasteiger partial charge in [0.05, 0.1) is 19.2 Å². The monoisotopic (exact) mass is 356 g/mol. The van der Waals surface area contributed by atoms with E-state index >= 15 is 0 Å². The zero-order valence-electron chi connectivity index (χ0n) is 15.4. The number of rotatable bonds is 6. The van der Waals surface area contributed by atoms with E-state index in [0.717, 1.165) is 18.5 Å². The molecule has 0 spiro atoms. The van der Waals surface area contributed by atoms with Crippen LogP contribution in [-0.4, -0.2) is 46.5 Å². The van der Waals surface area contributed by atoms with E-state index in [1.807, 2.05) is 34.0 Å². The summed E-state index contributed by atoms with van der Waals surface area (Å²) in [7, 11) is 0. The van der Waals surface area contributed by atoms with Gasteiger partial charge in [-0.2, -0.15) is 5.10 Å². The van der Waals surface area contributed by atoms with Crippen molar-refractivity contribution in [1.82, 2.24) is 14.7 Å². The summed E-state index contributed by atoms with van der Waals surface area (Å²) in [4.78, 5) is 14.5. The molecule has 1 fully saturated rings. The summed E-state index contributed by atoms with van der Waals surface area (Å²) in [5.74, 6) is 0. The van der Waals surface area contributed by atoms with Gasteiger partial charge in [-0.3, -0.25) is 4.68 Å². The summed E-state index contributed by atoms with van der Waals surface area (Å²) in [6.45, 7) is 4.79. The second kappa shape index (κ2) is 9.38. The van der Waals surface area contributed by atoms with Crippen LogP contribution in [0.25, 0.3) is 0 Å². The van der Waals surface area contributed by atoms with Gasteiger partial charge in [-0.05, 0) is 43.0 Å². The number of aryl methyl sites for hydroxylation is 1. The number of ether oxygens (including phenoxy) is 1. The summed E-state index contributed by atoms with van der Waals surface area (Å²) >= 11 is 0. The summed E-state index contributed by atoms with van der Waals surface area (Å²) in [5, 5.41) is 7.24. The van der Waals surface area contributed by atoms with Crippen LogP contribution in [-0.2, 0) is 17.7 Å². The van der Waals surface area contributed by atoms with Gasteiger partial charge in [0, 0.05) is 31.2 Å². The molecule has 3 rings (SSSR count). The van der Waals surface area contributed by atoms with E-state index in [-0.39, 0.29) is 12.1 Å². The largest absolute Gasteiger partial charge is 0.374 e. The molecule has 2 aromatic rings. The number of benzene rings is 1. The van der Waals surface area contributed by atoms with Gasteiger partial charge in [-0.15, -0.1) is 0 Å². The molecule has 1 aromatic heterocycles. The van der Waals surface area contributed by atoms with Crippen molar-refractivity contribution >= 4 is 11.7 Å². The van der Waals surface area contributed by atoms with E-state index in [4.69, 9.17) is 4.74 Å². The van der Waals surface area contributed by atoms with Crippen molar-refractivity contribution in [2.75, 3.05) is 25.0 Å². The lowest BCUT2D eigenvalue weighted by Gasteiger charge is -2.24. The molecule has 26 heavy (non-hydrogen) atoms. The molecule has 1 atom stereocenters. The average molecular weight is 356 g/mol. The highest BCUT2D eigenvalue weighted by Gasteiger charge is 2.23. The first-order chi connectivity index (χ1) is 12.7. The van der Waals surface area contributed by atoms with Crippen molar-refractivity contribution < 1.29 is 9.53 Å². The maximum atomic E-state index is 12.7. The van der Waals surface area contributed by atoms with Crippen molar-refractivity contribution in [2.24, 2.45) is 0 Å². The molecule has 6 heteroatoms. The number of carbonyl (C=O) groups is 1. The number of carbonyl (C=O) groups excluding carboxylic acids is 1. The smallest absolute Gasteiger partial charge is 0.321 e. The number of unbranched alkanes of at least 4 members (excludes halogenated alkanes) is 1. The van der Waals surface area contributed by atoms with Crippen LogP contribution in [0.3, 0.4) is 0 Å². The molecule has 1 aromatic carbocycles. The Kier molecular flexibility index (Phi) is 6.66. The van der Waals surface area contributed by atoms with E-state index in [2.05, 4.69) is 29.5 Å². The highest BCUT2D eigenvalue weighted by Crippen LogP contribution is 2.14. The normalized spacial score (nSPS) is 17.7. The van der Waals surface area contributed by atoms with Crippen molar-refractivity contribution in [3.05, 3.63) is 48.3 Å². The van der Waals surface area contributed by atoms with E-state index in [1.165, 1.54) is 18.4 Å². The van der Waals surface area contributed by atoms with Crippen molar-refractivity contribution in [3.8, 4) is 0 Å². The lowest BCUT2D eigenvalue weighted by Crippen LogP contribution is -2.41. The van der Waals surface area contributed by atoms with Crippen molar-refractivity contribution in [1.29, 1.82) is 0 Å². The standard InChI is InChI=1S/C20H28N4O2/c1-2-3-6-17-7-9-18(10-8-17)22-20(25)23-12-5-14-26-19(15-23)16-24-13-4-11-21-24/h4,7-11,13,19H,2-3,5-6,12,14-16H2,1H3,(H,22,25)/t19-/m0/s1. The maximum Gasteiger partial charge on any atom is 0.321 e. The molecule has 140 valence electrons. The SMILES string of the molecule is CCCCc1ccc(NC(=O)N2CCCO[C@H](Cn3cccn3)C2)cc1. The Bertz CT molecular complexity index is 670. The molecule has 2 heterocycles. The van der Waals surface area contributed by atoms with E-state index in [1.54, 1.807) is 6.20 Å². The Morgan fingerprint density at radius 3 is 2.92 bits per heavy atom. The predicted molar refractivity (Wildman–Crippen MR) is 102 cm³/mol. The third-order valence-corrected chi connectivity index (χ3v) is 4.61. The Morgan fingerprint density at radius 1 is 1.35 bits per heavy atom. The summed E-state index contributed by atoms with van der Waals surface area (Å²) in [6.07, 6.45) is 7.94. The van der Waals surface area contributed by atoms with Gasteiger partial charge in [0.2, 0.25) is 0 Å². The van der Waals surface area contributed by atoms with Gasteiger partial charge in [0.15, 0.2) is 0 Å². The summed E-state index contributed by atoms with van der Waals surface area (Å²) < 4.78 is 7.73. The van der Waals surface area contributed by atoms with Crippen LogP contribution in [0.4, 0.5) is 10.5 Å². The van der Waals surface area contributed by atoms with Crippen LogP contribution in [0.15, 0.2) is 42.7 Å². The number of aromatic nitrogens is 2. The minimum atomic E-state index is -0.0673. The summed E-state index contributed by atoms with van der Waals surface area (Å²) in [5.41, 5.74) is 2.15. The third-order valence-electron chi connectivity index (χ3n) is 4.61. The molecule has 1 N–H and O–H groups in total. The second-order valence-corrected chi connectivity index (χ2v) is 6.75. The fraction of sp³-hybridized carbons (Fsp3) is 0.500. The van der Waals surface area contributed by atoms with Gasteiger partial charge in [0.1, 0.15) is 0 Å². The van der Waals surface area contributed by atoms with Gasteiger partial charge >= 0.3 is 6.03 Å². The van der Waals surface area contributed by atoms with Crippen LogP contribution in [0, 0.1) is 0 Å². The van der Waals surface area contributed by atoms with Crippen LogP contribution in [0.2, 0.25) is 0 Å². The molecule has 1 aliphatic heterocycles. The topological polar surface area (TPSA) is 59.4 Å². The molecule has 0 unspecified atom stereocenters. The molecule has 0 bridgehead atoms. The minimum Gasteiger partial charge on any atom is -0.374 e. The fourth-order valence-corrected chi connectivity index (χ4v) is 3.15. The molecule has 0 radical (unpaired) electrons. The van der Waals surface area contributed by atoms with Crippen LogP contribution in [0.5, 0.6) is 0 Å². The number of anilines is 1. The lowest BCUT2D eigenvalue weighted by molar-refractivity contribution is 0.0442. The predicted octanol–water partition coefficient (Wildman–Crippen LogP) is 3.55. The zero-order chi connectivity index (χ0) is 18.2. The van der Waals surface area contributed by atoms with Gasteiger partial charge in [0.25, 0.3) is 0 Å². The number of hydrogen-bond donors (Lipinski definition) is 1. The van der Waals surface area contributed by atoms with Crippen LogP contribution < -0.4 is 5.32 Å². The quantitative estimate of drug-likeness (QED) is 0.861. The van der Waals surface area contributed by atoms with Crippen LogP contribution >= 0.6 is 0 Å². The van der Waals surface area contributed by atoms with E-state index in [9.17, 15) is 4.79 Å². The average Bonchev–Trinajstić information content (AvgIpc) is 3.05. The number of amides is 2. The molecule has 1 aliphatic rings. The number of hydrogen-bond acceptors (Lipinski definition) is 3. The molecule has 1 saturated heterocycles. The number of nitrogens with one attached hydrogen (secondary N) is 1. The molecular weight excluding hydrogens is 328 g/mol. The highest BCUT2D eigenvalue weighted by molar-refractivity contribution is 5.89. The van der Waals surface area contributed by atoms with E-state index in [0.29, 0.717) is 26.2 Å². The molecule has 0 saturated carbocycles. The fourth-order valence-electron chi connectivity index (χ4n) is 3.15. The maximum absolute atomic E-state index is 12.7. The zero-order valence-corrected chi connectivity index (χ0v) is 15.4. The Balaban J connectivity index is 1.55. The van der Waals surface area contributed by atoms with Gasteiger partial charge in [-0.25, -0.2) is 4.79 Å². The van der Waals surface area contributed by atoms with Crippen LogP contribution in [0.1, 0.15) is 31.7 Å². The Hall–Kier alpha value is -2.34. The summed E-state index contributed by atoms with van der Waals surface area (Å²) in [6, 6.07) is 9.99. The first-order valence-electron chi connectivity index (χ1n) is 9.48. The Morgan fingerprint density at radius 2 is 2.19 bits per heavy atom. The van der Waals surface area contributed by atoms with Gasteiger partial charge < -0.3 is 15.0 Å². The number of urea groups is 1. The molecule has 6 nitrogen and oxygen atoms in total. The molecule has 2 amide bonds. The second-order valence-electron chi connectivity index (χ2n) is 6.75. The van der Waals surface area contributed by atoms with Crippen molar-refractivity contribution in [2.45, 2.75) is 45.3 Å². The molecular formula is C20H28N4O2. The highest BCUT2D eigenvalue weighted by atomic mass is 16.5. The third kappa shape index (κ3) is 5.33.